The Morgan fingerprint density at radius 3 is 1.69 bits per heavy atom. The Morgan fingerprint density at radius 1 is 0.654 bits per heavy atom. The van der Waals surface area contributed by atoms with E-state index < -0.39 is 0 Å². The highest BCUT2D eigenvalue weighted by Gasteiger charge is 2.23. The molecule has 1 unspecified atom stereocenters. The number of rotatable bonds is 18. The van der Waals surface area contributed by atoms with Crippen molar-refractivity contribution in [2.24, 2.45) is 5.92 Å². The van der Waals surface area contributed by atoms with Gasteiger partial charge in [0.15, 0.2) is 0 Å². The Labute approximate surface area is 161 Å². The monoisotopic (exact) mass is 370 g/mol. The first-order chi connectivity index (χ1) is 12.7. The summed E-state index contributed by atoms with van der Waals surface area (Å²) in [6, 6.07) is 0. The topological polar surface area (TPSA) is 52.6 Å². The van der Waals surface area contributed by atoms with Crippen molar-refractivity contribution in [2.45, 2.75) is 111 Å². The fourth-order valence-corrected chi connectivity index (χ4v) is 2.98. The van der Waals surface area contributed by atoms with Crippen LogP contribution in [0.3, 0.4) is 0 Å². The second-order valence-electron chi connectivity index (χ2n) is 7.26. The smallest absolute Gasteiger partial charge is 0.309 e. The fourth-order valence-electron chi connectivity index (χ4n) is 2.98. The van der Waals surface area contributed by atoms with E-state index in [4.69, 9.17) is 9.47 Å². The maximum absolute atomic E-state index is 12.2. The van der Waals surface area contributed by atoms with Crippen LogP contribution in [0, 0.1) is 5.92 Å². The van der Waals surface area contributed by atoms with Crippen LogP contribution in [-0.2, 0) is 19.1 Å². The van der Waals surface area contributed by atoms with E-state index in [1.54, 1.807) is 0 Å². The molecule has 0 saturated carbocycles. The molecule has 154 valence electrons. The largest absolute Gasteiger partial charge is 0.466 e. The van der Waals surface area contributed by atoms with Gasteiger partial charge in [-0.15, -0.1) is 0 Å². The van der Waals surface area contributed by atoms with Crippen molar-refractivity contribution in [3.63, 3.8) is 0 Å². The van der Waals surface area contributed by atoms with Crippen molar-refractivity contribution in [3.8, 4) is 0 Å². The molecular weight excluding hydrogens is 328 g/mol. The third-order valence-corrected chi connectivity index (χ3v) is 4.57. The van der Waals surface area contributed by atoms with Crippen molar-refractivity contribution in [2.75, 3.05) is 13.2 Å². The van der Waals surface area contributed by atoms with Crippen LogP contribution < -0.4 is 0 Å². The molecule has 1 atom stereocenters. The van der Waals surface area contributed by atoms with Crippen LogP contribution in [0.4, 0.5) is 0 Å². The van der Waals surface area contributed by atoms with E-state index in [-0.39, 0.29) is 24.3 Å². The van der Waals surface area contributed by atoms with Gasteiger partial charge in [-0.1, -0.05) is 85.0 Å². The van der Waals surface area contributed by atoms with E-state index in [0.717, 1.165) is 32.1 Å². The molecule has 0 aliphatic heterocycles. The lowest BCUT2D eigenvalue weighted by Gasteiger charge is -2.15. The number of hydrogen-bond acceptors (Lipinski definition) is 4. The van der Waals surface area contributed by atoms with Gasteiger partial charge in [-0.2, -0.15) is 0 Å². The summed E-state index contributed by atoms with van der Waals surface area (Å²) in [4.78, 5) is 24.0. The van der Waals surface area contributed by atoms with Gasteiger partial charge in [0.2, 0.25) is 0 Å². The average molecular weight is 371 g/mol. The number of carbonyl (C=O) groups excluding carboxylic acids is 2. The van der Waals surface area contributed by atoms with E-state index in [0.29, 0.717) is 13.2 Å². The molecular formula is C22H42O4. The molecule has 4 nitrogen and oxygen atoms in total. The lowest BCUT2D eigenvalue weighted by atomic mass is 9.97. The van der Waals surface area contributed by atoms with E-state index in [9.17, 15) is 9.59 Å². The zero-order chi connectivity index (χ0) is 19.5. The van der Waals surface area contributed by atoms with Gasteiger partial charge < -0.3 is 9.47 Å². The van der Waals surface area contributed by atoms with E-state index in [2.05, 4.69) is 6.92 Å². The second kappa shape index (κ2) is 18.7. The predicted molar refractivity (Wildman–Crippen MR) is 107 cm³/mol. The van der Waals surface area contributed by atoms with Crippen LogP contribution >= 0.6 is 0 Å². The van der Waals surface area contributed by atoms with Crippen molar-refractivity contribution in [1.29, 1.82) is 0 Å². The van der Waals surface area contributed by atoms with Gasteiger partial charge in [-0.25, -0.2) is 0 Å². The quantitative estimate of drug-likeness (QED) is 0.212. The molecule has 4 heteroatoms. The number of esters is 2. The lowest BCUT2D eigenvalue weighted by molar-refractivity contribution is -0.155. The Balaban J connectivity index is 3.95. The van der Waals surface area contributed by atoms with Gasteiger partial charge >= 0.3 is 11.9 Å². The molecule has 0 aliphatic rings. The van der Waals surface area contributed by atoms with Crippen LogP contribution in [0.1, 0.15) is 111 Å². The average Bonchev–Trinajstić information content (AvgIpc) is 2.64. The molecule has 0 N–H and O–H groups in total. The summed E-state index contributed by atoms with van der Waals surface area (Å²) in [5, 5.41) is 0. The predicted octanol–water partition coefficient (Wildman–Crippen LogP) is 6.21. The number of carbonyl (C=O) groups is 2. The molecule has 26 heavy (non-hydrogen) atoms. The van der Waals surface area contributed by atoms with Gasteiger partial charge in [0.1, 0.15) is 0 Å². The molecule has 0 rings (SSSR count). The molecule has 0 aromatic carbocycles. The third-order valence-electron chi connectivity index (χ3n) is 4.57. The van der Waals surface area contributed by atoms with Gasteiger partial charge in [0, 0.05) is 0 Å². The second-order valence-corrected chi connectivity index (χ2v) is 7.26. The minimum atomic E-state index is -0.347. The van der Waals surface area contributed by atoms with Gasteiger partial charge in [-0.05, 0) is 19.3 Å². The molecule has 0 aromatic heterocycles. The normalized spacial score (nSPS) is 12.0. The number of unbranched alkanes of at least 4 members (excludes halogenated alkanes) is 9. The summed E-state index contributed by atoms with van der Waals surface area (Å²) in [5.41, 5.74) is 0. The first-order valence-corrected chi connectivity index (χ1v) is 11.0. The molecule has 0 amide bonds. The van der Waals surface area contributed by atoms with Gasteiger partial charge in [0.05, 0.1) is 25.6 Å². The van der Waals surface area contributed by atoms with E-state index in [1.807, 2.05) is 13.8 Å². The molecule has 0 radical (unpaired) electrons. The number of ether oxygens (including phenoxy) is 2. The molecule has 0 fully saturated rings. The Morgan fingerprint density at radius 2 is 1.15 bits per heavy atom. The van der Waals surface area contributed by atoms with Crippen LogP contribution in [0.2, 0.25) is 0 Å². The maximum Gasteiger partial charge on any atom is 0.309 e. The zero-order valence-electron chi connectivity index (χ0n) is 17.5. The highest BCUT2D eigenvalue weighted by atomic mass is 16.5. The summed E-state index contributed by atoms with van der Waals surface area (Å²) >= 11 is 0. The summed E-state index contributed by atoms with van der Waals surface area (Å²) in [6.45, 7) is 7.03. The lowest BCUT2D eigenvalue weighted by Crippen LogP contribution is -2.22. The van der Waals surface area contributed by atoms with Crippen LogP contribution in [-0.4, -0.2) is 25.2 Å². The Bertz CT molecular complexity index is 341. The first kappa shape index (κ1) is 24.9. The first-order valence-electron chi connectivity index (χ1n) is 11.0. The summed E-state index contributed by atoms with van der Waals surface area (Å²) < 4.78 is 10.4. The highest BCUT2D eigenvalue weighted by Crippen LogP contribution is 2.18. The van der Waals surface area contributed by atoms with Crippen LogP contribution in [0.15, 0.2) is 0 Å². The van der Waals surface area contributed by atoms with Crippen molar-refractivity contribution < 1.29 is 19.1 Å². The molecule has 0 aromatic rings. The fraction of sp³-hybridized carbons (Fsp3) is 0.909. The molecule has 0 saturated heterocycles. The SMILES string of the molecule is CCCCCCCCCCCCC(CC(=O)OCCC)C(=O)OCCC. The van der Waals surface area contributed by atoms with E-state index in [1.165, 1.54) is 51.4 Å². The van der Waals surface area contributed by atoms with Crippen LogP contribution in [0.5, 0.6) is 0 Å². The highest BCUT2D eigenvalue weighted by molar-refractivity contribution is 5.79. The maximum atomic E-state index is 12.2. The zero-order valence-corrected chi connectivity index (χ0v) is 17.5. The molecule has 0 heterocycles. The van der Waals surface area contributed by atoms with Gasteiger partial charge in [-0.3, -0.25) is 9.59 Å². The van der Waals surface area contributed by atoms with E-state index >= 15 is 0 Å². The molecule has 0 aliphatic carbocycles. The minimum absolute atomic E-state index is 0.153. The summed E-state index contributed by atoms with van der Waals surface area (Å²) in [5.74, 6) is -0.867. The number of hydrogen-bond donors (Lipinski definition) is 0. The summed E-state index contributed by atoms with van der Waals surface area (Å²) in [7, 11) is 0. The minimum Gasteiger partial charge on any atom is -0.466 e. The standard InChI is InChI=1S/C22H42O4/c1-4-7-8-9-10-11-12-13-14-15-16-20(22(24)26-18-6-3)19-21(23)25-17-5-2/h20H,4-19H2,1-3H3. The van der Waals surface area contributed by atoms with Gasteiger partial charge in [0.25, 0.3) is 0 Å². The Hall–Kier alpha value is -1.06. The van der Waals surface area contributed by atoms with Crippen molar-refractivity contribution in [1.82, 2.24) is 0 Å². The molecule has 0 bridgehead atoms. The van der Waals surface area contributed by atoms with Crippen molar-refractivity contribution in [3.05, 3.63) is 0 Å². The Kier molecular flexibility index (Phi) is 18.0. The molecule has 0 spiro atoms. The third kappa shape index (κ3) is 15.2. The summed E-state index contributed by atoms with van der Waals surface area (Å²) in [6.07, 6.45) is 15.1. The van der Waals surface area contributed by atoms with Crippen LogP contribution in [0.25, 0.3) is 0 Å². The van der Waals surface area contributed by atoms with Crippen molar-refractivity contribution >= 4 is 11.9 Å².